The second-order valence-electron chi connectivity index (χ2n) is 8.47. The van der Waals surface area contributed by atoms with E-state index >= 15 is 0 Å². The number of aliphatic hydroxyl groups excluding tert-OH is 1. The van der Waals surface area contributed by atoms with Gasteiger partial charge in [-0.3, -0.25) is 0 Å². The van der Waals surface area contributed by atoms with Gasteiger partial charge in [-0.2, -0.15) is 0 Å². The first-order valence-corrected chi connectivity index (χ1v) is 9.00. The summed E-state index contributed by atoms with van der Waals surface area (Å²) in [6.45, 7) is 11.4. The van der Waals surface area contributed by atoms with Crippen LogP contribution in [0, 0.1) is 17.3 Å². The average molecular weight is 304 g/mol. The highest BCUT2D eigenvalue weighted by molar-refractivity contribution is 5.17. The van der Waals surface area contributed by atoms with E-state index in [2.05, 4.69) is 26.5 Å². The van der Waals surface area contributed by atoms with Gasteiger partial charge >= 0.3 is 0 Å². The van der Waals surface area contributed by atoms with Gasteiger partial charge in [0, 0.05) is 0 Å². The minimum atomic E-state index is 0.166. The average Bonchev–Trinajstić information content (AvgIpc) is 3.11. The maximum atomic E-state index is 9.13. The minimum absolute atomic E-state index is 0.166. The summed E-state index contributed by atoms with van der Waals surface area (Å²) in [5, 5.41) is 9.13. The van der Waals surface area contributed by atoms with E-state index in [1.54, 1.807) is 0 Å². The van der Waals surface area contributed by atoms with Gasteiger partial charge in [0.1, 0.15) is 0 Å². The highest BCUT2D eigenvalue weighted by Crippen LogP contribution is 2.61. The number of ether oxygens (including phenoxy) is 1. The number of hydrogen-bond donors (Lipinski definition) is 1. The molecule has 22 heavy (non-hydrogen) atoms. The summed E-state index contributed by atoms with van der Waals surface area (Å²) < 4.78 is 5.95. The van der Waals surface area contributed by atoms with Crippen molar-refractivity contribution >= 4 is 0 Å². The monoisotopic (exact) mass is 304 g/mol. The van der Waals surface area contributed by atoms with Crippen molar-refractivity contribution in [1.29, 1.82) is 0 Å². The molecule has 0 spiro atoms. The van der Waals surface area contributed by atoms with Crippen molar-refractivity contribution in [3.63, 3.8) is 0 Å². The molecule has 1 heterocycles. The van der Waals surface area contributed by atoms with E-state index in [0.717, 1.165) is 30.3 Å². The number of hydrogen-bond acceptors (Lipinski definition) is 2. The molecule has 3 rings (SSSR count). The molecule has 0 amide bonds. The van der Waals surface area contributed by atoms with Crippen molar-refractivity contribution in [1.82, 2.24) is 0 Å². The van der Waals surface area contributed by atoms with Crippen LogP contribution in [-0.4, -0.2) is 23.4 Å². The van der Waals surface area contributed by atoms with E-state index in [0.29, 0.717) is 11.5 Å². The van der Waals surface area contributed by atoms with Crippen LogP contribution >= 0.6 is 0 Å². The van der Waals surface area contributed by atoms with E-state index < -0.39 is 0 Å². The molecule has 0 aromatic carbocycles. The summed E-state index contributed by atoms with van der Waals surface area (Å²) in [5.41, 5.74) is 3.19. The normalized spacial score (nSPS) is 45.0. The molecular formula is C20H32O2. The second kappa shape index (κ2) is 5.79. The highest BCUT2D eigenvalue weighted by Gasteiger charge is 2.56. The molecule has 1 saturated heterocycles. The SMILES string of the molecule is C=C1CC[C@@H]2O[C@@]2(C)CC[C@H]2[C@H]1C[C@]2(C)CC/C=C(/C)CO. The minimum Gasteiger partial charge on any atom is -0.392 e. The Morgan fingerprint density at radius 2 is 2.18 bits per heavy atom. The lowest BCUT2D eigenvalue weighted by atomic mass is 9.50. The Morgan fingerprint density at radius 3 is 2.91 bits per heavy atom. The zero-order valence-corrected chi connectivity index (χ0v) is 14.5. The maximum Gasteiger partial charge on any atom is 0.0920 e. The van der Waals surface area contributed by atoms with Gasteiger partial charge in [-0.05, 0) is 76.0 Å². The summed E-state index contributed by atoms with van der Waals surface area (Å²) >= 11 is 0. The predicted octanol–water partition coefficient (Wildman–Crippen LogP) is 4.64. The molecule has 2 aliphatic carbocycles. The van der Waals surface area contributed by atoms with Gasteiger partial charge in [-0.1, -0.05) is 30.7 Å². The Hall–Kier alpha value is -0.600. The number of fused-ring (bicyclic) bond motifs is 2. The number of allylic oxidation sites excluding steroid dienone is 2. The number of epoxide rings is 1. The largest absolute Gasteiger partial charge is 0.392 e. The molecule has 0 bridgehead atoms. The Kier molecular flexibility index (Phi) is 4.28. The van der Waals surface area contributed by atoms with Crippen molar-refractivity contribution in [2.45, 2.75) is 77.4 Å². The zero-order valence-electron chi connectivity index (χ0n) is 14.5. The van der Waals surface area contributed by atoms with Crippen LogP contribution in [-0.2, 0) is 4.74 Å². The van der Waals surface area contributed by atoms with E-state index in [9.17, 15) is 0 Å². The third-order valence-corrected chi connectivity index (χ3v) is 6.76. The first-order valence-electron chi connectivity index (χ1n) is 9.00. The molecule has 2 saturated carbocycles. The van der Waals surface area contributed by atoms with Crippen molar-refractivity contribution in [3.8, 4) is 0 Å². The molecule has 3 fully saturated rings. The summed E-state index contributed by atoms with van der Waals surface area (Å²) in [6, 6.07) is 0. The van der Waals surface area contributed by atoms with Gasteiger partial charge < -0.3 is 9.84 Å². The standard InChI is InChI=1S/C20H32O2/c1-14(13-21)6-5-10-19(3)12-16-15(2)7-8-18-20(4,22-18)11-9-17(16)19/h6,16-18,21H,2,5,7-13H2,1,3-4H3/b14-6-/t16-,17-,18-,19-,20-/m0/s1. The first kappa shape index (κ1) is 16.3. The Morgan fingerprint density at radius 1 is 1.41 bits per heavy atom. The maximum absolute atomic E-state index is 9.13. The summed E-state index contributed by atoms with van der Waals surface area (Å²) in [7, 11) is 0. The quantitative estimate of drug-likeness (QED) is 0.606. The molecule has 1 N–H and O–H groups in total. The third kappa shape index (κ3) is 2.92. The van der Waals surface area contributed by atoms with Crippen molar-refractivity contribution in [3.05, 3.63) is 23.8 Å². The number of aliphatic hydroxyl groups is 1. The lowest BCUT2D eigenvalue weighted by molar-refractivity contribution is -0.0254. The van der Waals surface area contributed by atoms with Gasteiger partial charge in [-0.15, -0.1) is 0 Å². The van der Waals surface area contributed by atoms with Crippen LogP contribution in [0.25, 0.3) is 0 Å². The summed E-state index contributed by atoms with van der Waals surface area (Å²) in [4.78, 5) is 0. The summed E-state index contributed by atoms with van der Waals surface area (Å²) in [6.07, 6.45) is 11.2. The summed E-state index contributed by atoms with van der Waals surface area (Å²) in [5.74, 6) is 1.52. The van der Waals surface area contributed by atoms with Gasteiger partial charge in [0.05, 0.1) is 18.3 Å². The fourth-order valence-corrected chi connectivity index (χ4v) is 4.92. The first-order chi connectivity index (χ1) is 10.4. The van der Waals surface area contributed by atoms with Crippen LogP contribution in [0.15, 0.2) is 23.8 Å². The fraction of sp³-hybridized carbons (Fsp3) is 0.800. The van der Waals surface area contributed by atoms with E-state index in [1.807, 2.05) is 6.92 Å². The van der Waals surface area contributed by atoms with Crippen LogP contribution in [0.3, 0.4) is 0 Å². The van der Waals surface area contributed by atoms with E-state index in [4.69, 9.17) is 9.84 Å². The van der Waals surface area contributed by atoms with E-state index in [1.165, 1.54) is 37.7 Å². The van der Waals surface area contributed by atoms with Crippen molar-refractivity contribution in [2.24, 2.45) is 17.3 Å². The van der Waals surface area contributed by atoms with Gasteiger partial charge in [0.2, 0.25) is 0 Å². The molecule has 2 heteroatoms. The van der Waals surface area contributed by atoms with Crippen LogP contribution in [0.4, 0.5) is 0 Å². The zero-order chi connectivity index (χ0) is 16.0. The predicted molar refractivity (Wildman–Crippen MR) is 90.7 cm³/mol. The molecular weight excluding hydrogens is 272 g/mol. The third-order valence-electron chi connectivity index (χ3n) is 6.76. The van der Waals surface area contributed by atoms with Crippen molar-refractivity contribution in [2.75, 3.05) is 6.61 Å². The lowest BCUT2D eigenvalue weighted by Crippen LogP contribution is -2.46. The molecule has 0 aromatic rings. The van der Waals surface area contributed by atoms with Crippen LogP contribution in [0.2, 0.25) is 0 Å². The Labute approximate surface area is 135 Å². The van der Waals surface area contributed by atoms with Gasteiger partial charge in [0.25, 0.3) is 0 Å². The molecule has 0 unspecified atom stereocenters. The molecule has 5 atom stereocenters. The topological polar surface area (TPSA) is 32.8 Å². The van der Waals surface area contributed by atoms with Crippen LogP contribution in [0.1, 0.15) is 65.7 Å². The number of rotatable bonds is 4. The van der Waals surface area contributed by atoms with Crippen molar-refractivity contribution < 1.29 is 9.84 Å². The fourth-order valence-electron chi connectivity index (χ4n) is 4.92. The molecule has 0 radical (unpaired) electrons. The van der Waals surface area contributed by atoms with Crippen LogP contribution in [0.5, 0.6) is 0 Å². The molecule has 0 aromatic heterocycles. The smallest absolute Gasteiger partial charge is 0.0920 e. The van der Waals surface area contributed by atoms with Gasteiger partial charge in [0.15, 0.2) is 0 Å². The Balaban J connectivity index is 1.64. The lowest BCUT2D eigenvalue weighted by Gasteiger charge is -2.55. The highest BCUT2D eigenvalue weighted by atomic mass is 16.6. The molecule has 1 aliphatic heterocycles. The van der Waals surface area contributed by atoms with Crippen LogP contribution < -0.4 is 0 Å². The molecule has 3 aliphatic rings. The van der Waals surface area contributed by atoms with Gasteiger partial charge in [-0.25, -0.2) is 0 Å². The molecule has 124 valence electrons. The van der Waals surface area contributed by atoms with E-state index in [-0.39, 0.29) is 12.2 Å². The molecule has 2 nitrogen and oxygen atoms in total. The Bertz CT molecular complexity index is 480. The second-order valence-corrected chi connectivity index (χ2v) is 8.47.